The van der Waals surface area contributed by atoms with Gasteiger partial charge in [-0.25, -0.2) is 0 Å². The summed E-state index contributed by atoms with van der Waals surface area (Å²) >= 11 is 0. The maximum Gasteiger partial charge on any atom is 2.00 e. The molecule has 0 atom stereocenters. The van der Waals surface area contributed by atoms with Gasteiger partial charge in [0, 0.05) is 11.5 Å². The first-order chi connectivity index (χ1) is 16.4. The molecule has 0 aliphatic rings. The van der Waals surface area contributed by atoms with Crippen LogP contribution in [0, 0.1) is 13.8 Å². The third-order valence-electron chi connectivity index (χ3n) is 4.95. The largest absolute Gasteiger partial charge is 2.00 e. The van der Waals surface area contributed by atoms with Crippen molar-refractivity contribution in [3.8, 4) is 0 Å². The number of aromatic carboxylic acids is 1. The van der Waals surface area contributed by atoms with Crippen molar-refractivity contribution in [3.05, 3.63) is 49.2 Å². The molecule has 0 saturated carbocycles. The van der Waals surface area contributed by atoms with Crippen LogP contribution in [0.15, 0.2) is 24.3 Å². The van der Waals surface area contributed by atoms with E-state index in [0.717, 1.165) is 44.1 Å². The maximum absolute atomic E-state index is 10.6. The third kappa shape index (κ3) is 35.2. The van der Waals surface area contributed by atoms with Crippen molar-refractivity contribution in [2.24, 2.45) is 0 Å². The van der Waals surface area contributed by atoms with Crippen molar-refractivity contribution in [2.45, 2.75) is 130 Å². The molecule has 0 amide bonds. The van der Waals surface area contributed by atoms with Crippen molar-refractivity contribution >= 4 is 35.8 Å². The molecular formula is C30H52O4Sn. The summed E-state index contributed by atoms with van der Waals surface area (Å²) in [7, 11) is 0. The van der Waals surface area contributed by atoms with E-state index in [1.54, 1.807) is 12.1 Å². The van der Waals surface area contributed by atoms with Crippen molar-refractivity contribution in [3.63, 3.8) is 0 Å². The minimum absolute atomic E-state index is 0. The maximum atomic E-state index is 10.6. The van der Waals surface area contributed by atoms with Crippen LogP contribution in [0.4, 0.5) is 0 Å². The van der Waals surface area contributed by atoms with Crippen LogP contribution in [0.25, 0.3) is 0 Å². The molecule has 0 spiro atoms. The number of hydrogen-bond donors (Lipinski definition) is 0. The zero-order chi connectivity index (χ0) is 26.5. The van der Waals surface area contributed by atoms with E-state index in [1.165, 1.54) is 57.8 Å². The summed E-state index contributed by atoms with van der Waals surface area (Å²) in [6, 6.07) is 6.97. The Bertz CT molecular complexity index is 553. The quantitative estimate of drug-likeness (QED) is 0.171. The van der Waals surface area contributed by atoms with E-state index in [2.05, 4.69) is 34.6 Å². The molecule has 1 rings (SSSR count). The molecule has 5 heteroatoms. The Morgan fingerprint density at radius 2 is 1.11 bits per heavy atom. The van der Waals surface area contributed by atoms with E-state index in [9.17, 15) is 19.8 Å². The molecule has 4 radical (unpaired) electrons. The Morgan fingerprint density at radius 1 is 0.686 bits per heavy atom. The van der Waals surface area contributed by atoms with Crippen LogP contribution >= 0.6 is 0 Å². The van der Waals surface area contributed by atoms with Gasteiger partial charge in [0.25, 0.3) is 0 Å². The topological polar surface area (TPSA) is 80.3 Å². The zero-order valence-electron chi connectivity index (χ0n) is 23.2. The number of aliphatic carboxylic acids is 1. The fraction of sp³-hybridized carbons (Fsp3) is 0.667. The summed E-state index contributed by atoms with van der Waals surface area (Å²) in [6.45, 7) is 15.7. The van der Waals surface area contributed by atoms with Gasteiger partial charge < -0.3 is 19.8 Å². The number of carbonyl (C=O) groups excluding carboxylic acids is 2. The normalized spacial score (nSPS) is 9.20. The van der Waals surface area contributed by atoms with Crippen LogP contribution in [0.5, 0.6) is 0 Å². The Balaban J connectivity index is -0.000000207. The average Bonchev–Trinajstić information content (AvgIpc) is 2.84. The Kier molecular flexibility index (Phi) is 41.2. The number of benzene rings is 1. The predicted molar refractivity (Wildman–Crippen MR) is 148 cm³/mol. The monoisotopic (exact) mass is 596 g/mol. The number of carboxylic acid groups (broad SMARTS) is 2. The molecule has 4 nitrogen and oxygen atoms in total. The summed E-state index contributed by atoms with van der Waals surface area (Å²) < 4.78 is 0. The van der Waals surface area contributed by atoms with Gasteiger partial charge >= 0.3 is 23.9 Å². The second-order valence-corrected chi connectivity index (χ2v) is 8.35. The smallest absolute Gasteiger partial charge is 0.550 e. The molecule has 0 unspecified atom stereocenters. The van der Waals surface area contributed by atoms with Gasteiger partial charge in [-0.05, 0) is 24.8 Å². The van der Waals surface area contributed by atoms with Crippen LogP contribution in [-0.2, 0) is 11.2 Å². The second kappa shape index (κ2) is 35.1. The Morgan fingerprint density at radius 3 is 1.49 bits per heavy atom. The summed E-state index contributed by atoms with van der Waals surface area (Å²) in [5, 5.41) is 20.7. The standard InChI is InChI=1S/C12H24O2.C10H12O2.2C4H9.Sn/c1-2-3-4-5-6-7-8-9-10-11-12(13)14;1-2-5-8-6-3-4-7-9(8)10(11)12;2*1-3-4-2;/h2-11H2,1H3,(H,13,14);3-4,6-7H,2,5H2,1H3,(H,11,12);2*1,3-4H2,2H3;/q;;;;+2/p-2. The van der Waals surface area contributed by atoms with Crippen LogP contribution in [-0.4, -0.2) is 35.8 Å². The molecule has 0 aliphatic carbocycles. The predicted octanol–water partition coefficient (Wildman–Crippen LogP) is 6.52. The fourth-order valence-electron chi connectivity index (χ4n) is 2.79. The van der Waals surface area contributed by atoms with Crippen molar-refractivity contribution < 1.29 is 19.8 Å². The number of carbonyl (C=O) groups is 2. The Labute approximate surface area is 234 Å². The molecule has 0 bridgehead atoms. The molecule has 1 aromatic carbocycles. The molecule has 1 aromatic rings. The van der Waals surface area contributed by atoms with E-state index in [1.807, 2.05) is 19.1 Å². The Hall–Kier alpha value is -1.04. The van der Waals surface area contributed by atoms with Crippen molar-refractivity contribution in [1.29, 1.82) is 0 Å². The fourth-order valence-corrected chi connectivity index (χ4v) is 2.79. The molecule has 0 saturated heterocycles. The molecule has 0 aromatic heterocycles. The molecule has 0 heterocycles. The van der Waals surface area contributed by atoms with E-state index in [-0.39, 0.29) is 30.3 Å². The minimum atomic E-state index is -1.08. The first-order valence-corrected chi connectivity index (χ1v) is 13.4. The summed E-state index contributed by atoms with van der Waals surface area (Å²) in [6.07, 6.45) is 17.5. The van der Waals surface area contributed by atoms with Gasteiger partial charge in [-0.1, -0.05) is 149 Å². The van der Waals surface area contributed by atoms with E-state index < -0.39 is 11.9 Å². The molecular weight excluding hydrogens is 543 g/mol. The van der Waals surface area contributed by atoms with Crippen LogP contribution in [0.3, 0.4) is 0 Å². The van der Waals surface area contributed by atoms with Gasteiger partial charge in [-0.2, -0.15) is 0 Å². The number of rotatable bonds is 15. The van der Waals surface area contributed by atoms with E-state index in [4.69, 9.17) is 0 Å². The van der Waals surface area contributed by atoms with Crippen LogP contribution in [0.1, 0.15) is 140 Å². The van der Waals surface area contributed by atoms with Crippen LogP contribution < -0.4 is 10.2 Å². The molecule has 0 aliphatic heterocycles. The summed E-state index contributed by atoms with van der Waals surface area (Å²) in [4.78, 5) is 20.7. The van der Waals surface area contributed by atoms with E-state index in [0.29, 0.717) is 5.56 Å². The van der Waals surface area contributed by atoms with Gasteiger partial charge in [0.1, 0.15) is 0 Å². The molecule has 200 valence electrons. The van der Waals surface area contributed by atoms with Gasteiger partial charge in [-0.3, -0.25) is 0 Å². The molecule has 0 fully saturated rings. The second-order valence-electron chi connectivity index (χ2n) is 8.35. The summed E-state index contributed by atoms with van der Waals surface area (Å²) in [5.41, 5.74) is 1.18. The average molecular weight is 595 g/mol. The van der Waals surface area contributed by atoms with Gasteiger partial charge in [0.15, 0.2) is 0 Å². The number of unbranched alkanes of at least 4 members (excludes halogenated alkanes) is 10. The first kappa shape index (κ1) is 41.1. The molecule has 35 heavy (non-hydrogen) atoms. The molecule has 0 N–H and O–H groups in total. The van der Waals surface area contributed by atoms with Gasteiger partial charge in [0.2, 0.25) is 0 Å². The summed E-state index contributed by atoms with van der Waals surface area (Å²) in [5.74, 6) is -1.99. The number of hydrogen-bond acceptors (Lipinski definition) is 4. The number of carboxylic acids is 2. The van der Waals surface area contributed by atoms with E-state index >= 15 is 0 Å². The zero-order valence-corrected chi connectivity index (χ0v) is 26.0. The van der Waals surface area contributed by atoms with Crippen molar-refractivity contribution in [1.82, 2.24) is 0 Å². The van der Waals surface area contributed by atoms with Gasteiger partial charge in [0.05, 0.1) is 5.97 Å². The van der Waals surface area contributed by atoms with Gasteiger partial charge in [-0.15, -0.1) is 0 Å². The van der Waals surface area contributed by atoms with Crippen molar-refractivity contribution in [2.75, 3.05) is 0 Å². The number of aryl methyl sites for hydroxylation is 1. The van der Waals surface area contributed by atoms with Crippen LogP contribution in [0.2, 0.25) is 0 Å². The third-order valence-corrected chi connectivity index (χ3v) is 4.95. The SMILES string of the molecule is CCCCCCCCCCCC(=O)[O-].CCCc1ccccc1C(=O)[O-].[CH2]CCC.[CH2]CCC.[Sn+2]. The minimum Gasteiger partial charge on any atom is -0.550 e. The first-order valence-electron chi connectivity index (χ1n) is 13.4.